The zero-order valence-electron chi connectivity index (χ0n) is 17.9. The van der Waals surface area contributed by atoms with Gasteiger partial charge in [-0.05, 0) is 42.8 Å². The lowest BCUT2D eigenvalue weighted by Crippen LogP contribution is -2.13. The highest BCUT2D eigenvalue weighted by Gasteiger charge is 2.19. The summed E-state index contributed by atoms with van der Waals surface area (Å²) in [5.41, 5.74) is 2.10. The van der Waals surface area contributed by atoms with Crippen molar-refractivity contribution < 1.29 is 29.3 Å². The summed E-state index contributed by atoms with van der Waals surface area (Å²) in [5, 5.41) is 22.7. The Morgan fingerprint density at radius 3 is 2.41 bits per heavy atom. The molecule has 0 atom stereocenters. The third-order valence-corrected chi connectivity index (χ3v) is 4.93. The van der Waals surface area contributed by atoms with Crippen molar-refractivity contribution >= 4 is 17.6 Å². The maximum atomic E-state index is 12.7. The monoisotopic (exact) mass is 435 g/mol. The number of nitrogens with one attached hydrogen (secondary N) is 1. The number of phenols is 1. The molecule has 3 rings (SSSR count). The van der Waals surface area contributed by atoms with Crippen LogP contribution in [0.5, 0.6) is 17.2 Å². The fourth-order valence-electron chi connectivity index (χ4n) is 3.30. The molecular formula is C25H25NO6. The van der Waals surface area contributed by atoms with E-state index in [1.165, 1.54) is 25.3 Å². The van der Waals surface area contributed by atoms with E-state index in [4.69, 9.17) is 14.6 Å². The largest absolute Gasteiger partial charge is 0.507 e. The molecule has 0 spiro atoms. The van der Waals surface area contributed by atoms with Gasteiger partial charge in [-0.2, -0.15) is 0 Å². The number of aromatic carboxylic acids is 1. The Balaban J connectivity index is 1.84. The fraction of sp³-hybridized carbons (Fsp3) is 0.200. The van der Waals surface area contributed by atoms with Crippen molar-refractivity contribution in [1.82, 2.24) is 0 Å². The Morgan fingerprint density at radius 1 is 1.00 bits per heavy atom. The molecule has 0 heterocycles. The quantitative estimate of drug-likeness (QED) is 0.442. The second-order valence-electron chi connectivity index (χ2n) is 7.13. The average molecular weight is 435 g/mol. The van der Waals surface area contributed by atoms with Crippen molar-refractivity contribution in [3.05, 3.63) is 82.9 Å². The first-order valence-electron chi connectivity index (χ1n) is 10.2. The molecule has 0 aromatic heterocycles. The number of rotatable bonds is 9. The van der Waals surface area contributed by atoms with E-state index in [-0.39, 0.29) is 23.5 Å². The van der Waals surface area contributed by atoms with Gasteiger partial charge in [0.2, 0.25) is 0 Å². The van der Waals surface area contributed by atoms with Crippen molar-refractivity contribution in [2.45, 2.75) is 26.4 Å². The molecule has 0 bridgehead atoms. The minimum Gasteiger partial charge on any atom is -0.507 e. The number of phenolic OH excluding ortho intramolecular Hbond substituents is 1. The van der Waals surface area contributed by atoms with Crippen LogP contribution in [0, 0.1) is 0 Å². The number of carboxylic acids is 1. The lowest BCUT2D eigenvalue weighted by atomic mass is 10.0. The average Bonchev–Trinajstić information content (AvgIpc) is 2.80. The van der Waals surface area contributed by atoms with Gasteiger partial charge in [0.05, 0.1) is 18.2 Å². The minimum absolute atomic E-state index is 0.106. The number of benzene rings is 3. The van der Waals surface area contributed by atoms with E-state index in [9.17, 15) is 14.7 Å². The van der Waals surface area contributed by atoms with Crippen LogP contribution in [0.1, 0.15) is 45.2 Å². The van der Waals surface area contributed by atoms with Gasteiger partial charge in [0, 0.05) is 16.8 Å². The number of carboxylic acid groups (broad SMARTS) is 1. The molecule has 0 unspecified atom stereocenters. The number of aromatic hydroxyl groups is 1. The van der Waals surface area contributed by atoms with Crippen molar-refractivity contribution in [3.63, 3.8) is 0 Å². The maximum absolute atomic E-state index is 12.7. The Labute approximate surface area is 186 Å². The minimum atomic E-state index is -1.05. The van der Waals surface area contributed by atoms with Crippen LogP contribution in [0.3, 0.4) is 0 Å². The van der Waals surface area contributed by atoms with Gasteiger partial charge in [-0.15, -0.1) is 0 Å². The molecule has 166 valence electrons. The molecule has 32 heavy (non-hydrogen) atoms. The molecular weight excluding hydrogens is 410 g/mol. The van der Waals surface area contributed by atoms with Crippen LogP contribution in [-0.2, 0) is 13.0 Å². The van der Waals surface area contributed by atoms with Gasteiger partial charge in [-0.25, -0.2) is 4.79 Å². The highest BCUT2D eigenvalue weighted by molar-refractivity contribution is 6.06. The van der Waals surface area contributed by atoms with Crippen LogP contribution in [0.4, 0.5) is 5.69 Å². The number of carbonyl (C=O) groups is 2. The summed E-state index contributed by atoms with van der Waals surface area (Å²) in [6.07, 6.45) is 1.26. The highest BCUT2D eigenvalue weighted by atomic mass is 16.5. The molecule has 0 aliphatic heterocycles. The van der Waals surface area contributed by atoms with Crippen LogP contribution >= 0.6 is 0 Å². The lowest BCUT2D eigenvalue weighted by molar-refractivity contribution is 0.0696. The van der Waals surface area contributed by atoms with E-state index in [0.717, 1.165) is 6.42 Å². The lowest BCUT2D eigenvalue weighted by Gasteiger charge is -2.16. The summed E-state index contributed by atoms with van der Waals surface area (Å²) in [6, 6.07) is 16.7. The number of anilines is 1. The zero-order valence-corrected chi connectivity index (χ0v) is 17.9. The second-order valence-corrected chi connectivity index (χ2v) is 7.13. The Kier molecular flexibility index (Phi) is 7.33. The van der Waals surface area contributed by atoms with Crippen LogP contribution in [0.15, 0.2) is 60.7 Å². The van der Waals surface area contributed by atoms with Crippen LogP contribution in [-0.4, -0.2) is 29.2 Å². The molecule has 0 radical (unpaired) electrons. The highest BCUT2D eigenvalue weighted by Crippen LogP contribution is 2.34. The van der Waals surface area contributed by atoms with Crippen molar-refractivity contribution in [3.8, 4) is 17.2 Å². The van der Waals surface area contributed by atoms with Crippen molar-refractivity contribution in [2.24, 2.45) is 0 Å². The fourth-order valence-corrected chi connectivity index (χ4v) is 3.30. The predicted octanol–water partition coefficient (Wildman–Crippen LogP) is 4.88. The van der Waals surface area contributed by atoms with E-state index in [1.807, 2.05) is 25.1 Å². The van der Waals surface area contributed by atoms with E-state index in [2.05, 4.69) is 5.32 Å². The molecule has 3 aromatic rings. The summed E-state index contributed by atoms with van der Waals surface area (Å²) in [4.78, 5) is 23.8. The van der Waals surface area contributed by atoms with Gasteiger partial charge in [0.1, 0.15) is 23.9 Å². The van der Waals surface area contributed by atoms with Gasteiger partial charge in [0.25, 0.3) is 5.91 Å². The molecule has 0 fully saturated rings. The molecule has 3 N–H and O–H groups in total. The first kappa shape index (κ1) is 22.7. The Morgan fingerprint density at radius 2 is 1.75 bits per heavy atom. The molecule has 0 saturated heterocycles. The summed E-state index contributed by atoms with van der Waals surface area (Å²) < 4.78 is 11.2. The summed E-state index contributed by atoms with van der Waals surface area (Å²) >= 11 is 0. The Hall–Kier alpha value is -4.00. The van der Waals surface area contributed by atoms with Gasteiger partial charge in [0.15, 0.2) is 0 Å². The normalized spacial score (nSPS) is 10.4. The second kappa shape index (κ2) is 10.3. The number of hydrogen-bond donors (Lipinski definition) is 3. The van der Waals surface area contributed by atoms with Gasteiger partial charge < -0.3 is 25.0 Å². The summed E-state index contributed by atoms with van der Waals surface area (Å²) in [5.74, 6) is -0.736. The summed E-state index contributed by atoms with van der Waals surface area (Å²) in [6.45, 7) is 2.07. The zero-order chi connectivity index (χ0) is 23.1. The first-order valence-corrected chi connectivity index (χ1v) is 10.2. The van der Waals surface area contributed by atoms with E-state index < -0.39 is 11.9 Å². The standard InChI is InChI=1S/C25H25NO6/c1-3-7-19-21(32-15-17-11-10-16(25(29)30)14-22(17)31-2)13-12-20(23(19)27)24(28)26-18-8-5-4-6-9-18/h4-6,8-14,27H,3,7,15H2,1-2H3,(H,26,28)(H,29,30). The van der Waals surface area contributed by atoms with Gasteiger partial charge in [-0.3, -0.25) is 4.79 Å². The van der Waals surface area contributed by atoms with Crippen molar-refractivity contribution in [2.75, 3.05) is 12.4 Å². The molecule has 3 aromatic carbocycles. The van der Waals surface area contributed by atoms with E-state index in [0.29, 0.717) is 34.7 Å². The van der Waals surface area contributed by atoms with Gasteiger partial charge in [-0.1, -0.05) is 37.6 Å². The molecule has 1 amide bonds. The number of amides is 1. The third-order valence-electron chi connectivity index (χ3n) is 4.93. The molecule has 7 nitrogen and oxygen atoms in total. The number of methoxy groups -OCH3 is 1. The van der Waals surface area contributed by atoms with E-state index in [1.54, 1.807) is 24.3 Å². The summed E-state index contributed by atoms with van der Waals surface area (Å²) in [7, 11) is 1.46. The Bertz CT molecular complexity index is 1110. The number of ether oxygens (including phenoxy) is 2. The molecule has 0 aliphatic carbocycles. The molecule has 0 saturated carbocycles. The van der Waals surface area contributed by atoms with Gasteiger partial charge >= 0.3 is 5.97 Å². The van der Waals surface area contributed by atoms with Crippen LogP contribution in [0.25, 0.3) is 0 Å². The maximum Gasteiger partial charge on any atom is 0.335 e. The third kappa shape index (κ3) is 5.18. The number of para-hydroxylation sites is 1. The van der Waals surface area contributed by atoms with E-state index >= 15 is 0 Å². The number of carbonyl (C=O) groups excluding carboxylic acids is 1. The SMILES string of the molecule is CCCc1c(OCc2ccc(C(=O)O)cc2OC)ccc(C(=O)Nc2ccccc2)c1O. The topological polar surface area (TPSA) is 105 Å². The first-order chi connectivity index (χ1) is 15.4. The molecule has 0 aliphatic rings. The predicted molar refractivity (Wildman–Crippen MR) is 121 cm³/mol. The smallest absolute Gasteiger partial charge is 0.335 e. The van der Waals surface area contributed by atoms with Crippen LogP contribution < -0.4 is 14.8 Å². The number of hydrogen-bond acceptors (Lipinski definition) is 5. The van der Waals surface area contributed by atoms with Crippen molar-refractivity contribution in [1.29, 1.82) is 0 Å². The molecule has 7 heteroatoms. The van der Waals surface area contributed by atoms with Crippen LogP contribution in [0.2, 0.25) is 0 Å².